The summed E-state index contributed by atoms with van der Waals surface area (Å²) in [6, 6.07) is 6.37. The van der Waals surface area contributed by atoms with Gasteiger partial charge in [-0.15, -0.1) is 0 Å². The molecule has 138 valence electrons. The topological polar surface area (TPSA) is 64.4 Å². The maximum absolute atomic E-state index is 13.6. The van der Waals surface area contributed by atoms with Crippen LogP contribution in [0.15, 0.2) is 28.8 Å². The SMILES string of the molecule is CC(C)(C)OC(=O)NC12CC(c3cc(-c4ccc(Cl)c(F)c4)on3)(C1)C2. The maximum Gasteiger partial charge on any atom is 0.408 e. The molecule has 1 amide bonds. The molecule has 5 rings (SSSR count). The van der Waals surface area contributed by atoms with E-state index in [9.17, 15) is 9.18 Å². The highest BCUT2D eigenvalue weighted by molar-refractivity contribution is 6.30. The highest BCUT2D eigenvalue weighted by atomic mass is 35.5. The van der Waals surface area contributed by atoms with Crippen molar-refractivity contribution in [2.45, 2.75) is 56.6 Å². The Balaban J connectivity index is 1.42. The van der Waals surface area contributed by atoms with Crippen LogP contribution in [-0.4, -0.2) is 22.4 Å². The third kappa shape index (κ3) is 2.86. The van der Waals surface area contributed by atoms with E-state index in [4.69, 9.17) is 20.9 Å². The number of hydrogen-bond donors (Lipinski definition) is 1. The monoisotopic (exact) mass is 378 g/mol. The summed E-state index contributed by atoms with van der Waals surface area (Å²) in [5, 5.41) is 7.22. The van der Waals surface area contributed by atoms with Gasteiger partial charge in [-0.2, -0.15) is 0 Å². The summed E-state index contributed by atoms with van der Waals surface area (Å²) in [5.41, 5.74) is 0.657. The summed E-state index contributed by atoms with van der Waals surface area (Å²) < 4.78 is 24.4. The van der Waals surface area contributed by atoms with Crippen molar-refractivity contribution in [2.75, 3.05) is 0 Å². The number of amides is 1. The quantitative estimate of drug-likeness (QED) is 0.830. The maximum atomic E-state index is 13.6. The van der Waals surface area contributed by atoms with Gasteiger partial charge in [-0.25, -0.2) is 9.18 Å². The second kappa shape index (κ2) is 5.46. The Morgan fingerprint density at radius 3 is 2.62 bits per heavy atom. The lowest BCUT2D eigenvalue weighted by Crippen LogP contribution is -2.77. The third-order valence-corrected chi connectivity index (χ3v) is 5.36. The average Bonchev–Trinajstić information content (AvgIpc) is 2.92. The zero-order valence-corrected chi connectivity index (χ0v) is 15.6. The smallest absolute Gasteiger partial charge is 0.408 e. The van der Waals surface area contributed by atoms with E-state index in [-0.39, 0.29) is 22.1 Å². The van der Waals surface area contributed by atoms with Gasteiger partial charge in [0.05, 0.1) is 10.7 Å². The number of nitrogens with one attached hydrogen (secondary N) is 1. The van der Waals surface area contributed by atoms with E-state index in [0.717, 1.165) is 25.0 Å². The molecule has 7 heteroatoms. The highest BCUT2D eigenvalue weighted by Gasteiger charge is 2.70. The Labute approximate surface area is 155 Å². The number of rotatable bonds is 3. The molecule has 0 spiro atoms. The number of ether oxygens (including phenoxy) is 1. The van der Waals surface area contributed by atoms with Crippen LogP contribution in [0.5, 0.6) is 0 Å². The predicted octanol–water partition coefficient (Wildman–Crippen LogP) is 4.83. The third-order valence-electron chi connectivity index (χ3n) is 5.05. The largest absolute Gasteiger partial charge is 0.444 e. The van der Waals surface area contributed by atoms with Crippen LogP contribution in [0.25, 0.3) is 11.3 Å². The molecule has 2 bridgehead atoms. The standard InChI is InChI=1S/C19H20ClFN2O3/c1-17(2,3)25-16(24)22-19-8-18(9-19,10-19)15-7-14(26-23-15)11-4-5-12(20)13(21)6-11/h4-7H,8-10H2,1-3H3,(H,22,24). The lowest BCUT2D eigenvalue weighted by molar-refractivity contribution is -0.0920. The molecule has 2 aromatic rings. The van der Waals surface area contributed by atoms with Crippen molar-refractivity contribution in [1.29, 1.82) is 0 Å². The van der Waals surface area contributed by atoms with E-state index in [1.807, 2.05) is 26.8 Å². The van der Waals surface area contributed by atoms with Crippen molar-refractivity contribution in [1.82, 2.24) is 10.5 Å². The second-order valence-electron chi connectivity index (χ2n) is 8.42. The van der Waals surface area contributed by atoms with E-state index in [1.165, 1.54) is 12.1 Å². The van der Waals surface area contributed by atoms with Crippen molar-refractivity contribution < 1.29 is 18.4 Å². The number of carbonyl (C=O) groups is 1. The minimum absolute atomic E-state index is 0.0677. The van der Waals surface area contributed by atoms with Gasteiger partial charge < -0.3 is 14.6 Å². The molecule has 1 aromatic heterocycles. The summed E-state index contributed by atoms with van der Waals surface area (Å²) in [6.07, 6.45) is 2.03. The van der Waals surface area contributed by atoms with E-state index in [2.05, 4.69) is 10.5 Å². The fourth-order valence-corrected chi connectivity index (χ4v) is 4.14. The van der Waals surface area contributed by atoms with Crippen LogP contribution in [0.3, 0.4) is 0 Å². The number of halogens is 2. The average molecular weight is 379 g/mol. The van der Waals surface area contributed by atoms with Crippen molar-refractivity contribution in [3.05, 3.63) is 40.8 Å². The minimum Gasteiger partial charge on any atom is -0.444 e. The molecule has 26 heavy (non-hydrogen) atoms. The van der Waals surface area contributed by atoms with E-state index >= 15 is 0 Å². The predicted molar refractivity (Wildman–Crippen MR) is 94.5 cm³/mol. The first-order chi connectivity index (χ1) is 12.1. The molecule has 3 fully saturated rings. The van der Waals surface area contributed by atoms with Gasteiger partial charge in [0.1, 0.15) is 11.4 Å². The molecule has 5 nitrogen and oxygen atoms in total. The number of benzene rings is 1. The first-order valence-corrected chi connectivity index (χ1v) is 8.92. The van der Waals surface area contributed by atoms with Gasteiger partial charge in [-0.05, 0) is 58.2 Å². The molecular weight excluding hydrogens is 359 g/mol. The van der Waals surface area contributed by atoms with E-state index in [1.54, 1.807) is 6.07 Å². The van der Waals surface area contributed by atoms with Gasteiger partial charge in [-0.3, -0.25) is 0 Å². The zero-order chi connectivity index (χ0) is 18.7. The first-order valence-electron chi connectivity index (χ1n) is 8.54. The first kappa shape index (κ1) is 17.3. The van der Waals surface area contributed by atoms with E-state index < -0.39 is 11.4 Å². The van der Waals surface area contributed by atoms with Crippen molar-refractivity contribution >= 4 is 17.7 Å². The fourth-order valence-electron chi connectivity index (χ4n) is 4.02. The van der Waals surface area contributed by atoms with Crippen LogP contribution in [0.1, 0.15) is 45.7 Å². The number of nitrogens with zero attached hydrogens (tertiary/aromatic N) is 1. The Morgan fingerprint density at radius 1 is 1.31 bits per heavy atom. The molecule has 3 saturated carbocycles. The Hall–Kier alpha value is -2.08. The number of aromatic nitrogens is 1. The Bertz CT molecular complexity index is 867. The van der Waals surface area contributed by atoms with Crippen molar-refractivity contribution in [3.63, 3.8) is 0 Å². The molecule has 0 unspecified atom stereocenters. The molecule has 0 radical (unpaired) electrons. The van der Waals surface area contributed by atoms with Crippen LogP contribution in [0.4, 0.5) is 9.18 Å². The zero-order valence-electron chi connectivity index (χ0n) is 14.9. The molecule has 0 saturated heterocycles. The Kier molecular flexibility index (Phi) is 3.64. The van der Waals surface area contributed by atoms with Gasteiger partial charge in [0.15, 0.2) is 5.76 Å². The summed E-state index contributed by atoms with van der Waals surface area (Å²) in [7, 11) is 0. The van der Waals surface area contributed by atoms with Crippen LogP contribution < -0.4 is 5.32 Å². The lowest BCUT2D eigenvalue weighted by Gasteiger charge is -2.69. The van der Waals surface area contributed by atoms with Crippen LogP contribution in [-0.2, 0) is 10.2 Å². The van der Waals surface area contributed by atoms with Gasteiger partial charge in [-0.1, -0.05) is 16.8 Å². The highest BCUT2D eigenvalue weighted by Crippen LogP contribution is 2.67. The van der Waals surface area contributed by atoms with Gasteiger partial charge in [0.2, 0.25) is 0 Å². The summed E-state index contributed by atoms with van der Waals surface area (Å²) in [4.78, 5) is 12.0. The molecule has 1 heterocycles. The number of carbonyl (C=O) groups excluding carboxylic acids is 1. The second-order valence-corrected chi connectivity index (χ2v) is 8.83. The molecule has 0 aliphatic heterocycles. The molecule has 1 aromatic carbocycles. The number of alkyl carbamates (subject to hydrolysis) is 1. The van der Waals surface area contributed by atoms with Gasteiger partial charge in [0.25, 0.3) is 0 Å². The Morgan fingerprint density at radius 2 is 2.00 bits per heavy atom. The molecular formula is C19H20ClFN2O3. The summed E-state index contributed by atoms with van der Waals surface area (Å²) in [6.45, 7) is 5.52. The van der Waals surface area contributed by atoms with Crippen LogP contribution in [0.2, 0.25) is 5.02 Å². The molecule has 0 atom stereocenters. The van der Waals surface area contributed by atoms with Crippen LogP contribution >= 0.6 is 11.6 Å². The fraction of sp³-hybridized carbons (Fsp3) is 0.474. The molecule has 1 N–H and O–H groups in total. The molecule has 3 aliphatic rings. The van der Waals surface area contributed by atoms with Crippen LogP contribution in [0, 0.1) is 5.82 Å². The number of hydrogen-bond acceptors (Lipinski definition) is 4. The molecule has 3 aliphatic carbocycles. The minimum atomic E-state index is -0.514. The summed E-state index contributed by atoms with van der Waals surface area (Å²) >= 11 is 5.71. The van der Waals surface area contributed by atoms with E-state index in [0.29, 0.717) is 11.3 Å². The summed E-state index contributed by atoms with van der Waals surface area (Å²) in [5.74, 6) is 0.0163. The van der Waals surface area contributed by atoms with Crippen molar-refractivity contribution in [3.8, 4) is 11.3 Å². The van der Waals surface area contributed by atoms with Crippen molar-refractivity contribution in [2.24, 2.45) is 0 Å². The normalized spacial score (nSPS) is 26.7. The van der Waals surface area contributed by atoms with Gasteiger partial charge in [0, 0.05) is 22.6 Å². The lowest BCUT2D eigenvalue weighted by atomic mass is 9.38. The van der Waals surface area contributed by atoms with Gasteiger partial charge >= 0.3 is 6.09 Å².